The standard InChI is InChI=1S/C22H26Cl2N2O2/c1-15-13-17(7-9-19(15)25-21(27)5-3-11-23)18-8-10-20(16(2)14-18)26-22(28)6-4-12-24/h7-10,13-14H,3-6,11-12H2,1-2H3,(H,25,27)(H,26,28). The maximum atomic E-state index is 11.9. The van der Waals surface area contributed by atoms with Crippen molar-refractivity contribution in [2.75, 3.05) is 22.4 Å². The fourth-order valence-electron chi connectivity index (χ4n) is 2.85. The molecule has 150 valence electrons. The molecule has 0 heterocycles. The Hall–Kier alpha value is -2.04. The van der Waals surface area contributed by atoms with Gasteiger partial charge in [-0.3, -0.25) is 9.59 Å². The van der Waals surface area contributed by atoms with Crippen molar-refractivity contribution in [3.8, 4) is 11.1 Å². The van der Waals surface area contributed by atoms with Crippen LogP contribution in [0.4, 0.5) is 11.4 Å². The lowest BCUT2D eigenvalue weighted by Crippen LogP contribution is -2.12. The molecule has 0 saturated carbocycles. The molecule has 0 bridgehead atoms. The van der Waals surface area contributed by atoms with Crippen LogP contribution in [0.25, 0.3) is 11.1 Å². The molecule has 6 heteroatoms. The molecular weight excluding hydrogens is 395 g/mol. The van der Waals surface area contributed by atoms with Crippen molar-refractivity contribution in [1.82, 2.24) is 0 Å². The van der Waals surface area contributed by atoms with Gasteiger partial charge in [-0.25, -0.2) is 0 Å². The van der Waals surface area contributed by atoms with E-state index in [4.69, 9.17) is 23.2 Å². The molecule has 0 aliphatic heterocycles. The van der Waals surface area contributed by atoms with Crippen LogP contribution in [0.5, 0.6) is 0 Å². The number of rotatable bonds is 9. The first-order valence-corrected chi connectivity index (χ1v) is 10.4. The average Bonchev–Trinajstić information content (AvgIpc) is 2.67. The van der Waals surface area contributed by atoms with E-state index in [1.54, 1.807) is 0 Å². The SMILES string of the molecule is Cc1cc(-c2ccc(NC(=O)CCCCl)c(C)c2)ccc1NC(=O)CCCCl. The van der Waals surface area contributed by atoms with E-state index >= 15 is 0 Å². The molecule has 0 aromatic heterocycles. The first kappa shape index (κ1) is 22.3. The molecule has 2 aromatic rings. The van der Waals surface area contributed by atoms with Crippen molar-refractivity contribution < 1.29 is 9.59 Å². The number of benzene rings is 2. The molecule has 2 aromatic carbocycles. The lowest BCUT2D eigenvalue weighted by molar-refractivity contribution is -0.117. The summed E-state index contributed by atoms with van der Waals surface area (Å²) >= 11 is 11.3. The van der Waals surface area contributed by atoms with Crippen molar-refractivity contribution in [3.63, 3.8) is 0 Å². The van der Waals surface area contributed by atoms with Crippen LogP contribution in [0.1, 0.15) is 36.8 Å². The lowest BCUT2D eigenvalue weighted by atomic mass is 10.00. The van der Waals surface area contributed by atoms with Crippen molar-refractivity contribution >= 4 is 46.4 Å². The van der Waals surface area contributed by atoms with Crippen LogP contribution >= 0.6 is 23.2 Å². The number of nitrogens with one attached hydrogen (secondary N) is 2. The van der Waals surface area contributed by atoms with E-state index in [1.165, 1.54) is 0 Å². The second-order valence-corrected chi connectivity index (χ2v) is 7.50. The van der Waals surface area contributed by atoms with Gasteiger partial charge in [-0.1, -0.05) is 12.1 Å². The minimum atomic E-state index is -0.0263. The number of carbonyl (C=O) groups is 2. The minimum Gasteiger partial charge on any atom is -0.326 e. The lowest BCUT2D eigenvalue weighted by Gasteiger charge is -2.13. The monoisotopic (exact) mass is 420 g/mol. The fourth-order valence-corrected chi connectivity index (χ4v) is 3.11. The van der Waals surface area contributed by atoms with E-state index in [1.807, 2.05) is 50.2 Å². The molecule has 28 heavy (non-hydrogen) atoms. The van der Waals surface area contributed by atoms with Crippen molar-refractivity contribution in [2.24, 2.45) is 0 Å². The molecule has 4 nitrogen and oxygen atoms in total. The molecule has 0 atom stereocenters. The number of amides is 2. The Morgan fingerprint density at radius 1 is 0.750 bits per heavy atom. The van der Waals surface area contributed by atoms with Gasteiger partial charge < -0.3 is 10.6 Å². The number of carbonyl (C=O) groups excluding carboxylic acids is 2. The number of anilines is 2. The Balaban J connectivity index is 2.10. The Morgan fingerprint density at radius 2 is 1.14 bits per heavy atom. The second-order valence-electron chi connectivity index (χ2n) is 6.74. The number of hydrogen-bond acceptors (Lipinski definition) is 2. The molecule has 0 aliphatic carbocycles. The number of hydrogen-bond donors (Lipinski definition) is 2. The largest absolute Gasteiger partial charge is 0.326 e. The second kappa shape index (κ2) is 11.1. The summed E-state index contributed by atoms with van der Waals surface area (Å²) < 4.78 is 0. The molecule has 0 unspecified atom stereocenters. The minimum absolute atomic E-state index is 0.0263. The molecule has 2 N–H and O–H groups in total. The van der Waals surface area contributed by atoms with Gasteiger partial charge in [-0.05, 0) is 73.2 Å². The highest BCUT2D eigenvalue weighted by Gasteiger charge is 2.09. The first-order chi connectivity index (χ1) is 13.4. The topological polar surface area (TPSA) is 58.2 Å². The third-order valence-corrected chi connectivity index (χ3v) is 4.94. The Bertz CT molecular complexity index is 768. The van der Waals surface area contributed by atoms with Gasteiger partial charge in [0.05, 0.1) is 0 Å². The number of alkyl halides is 2. The van der Waals surface area contributed by atoms with E-state index in [0.29, 0.717) is 37.4 Å². The molecule has 2 rings (SSSR count). The number of aryl methyl sites for hydroxylation is 2. The van der Waals surface area contributed by atoms with Gasteiger partial charge in [0.2, 0.25) is 11.8 Å². The summed E-state index contributed by atoms with van der Waals surface area (Å²) in [5, 5.41) is 5.86. The van der Waals surface area contributed by atoms with E-state index in [9.17, 15) is 9.59 Å². The normalized spacial score (nSPS) is 10.6. The number of halogens is 2. The quantitative estimate of drug-likeness (QED) is 0.497. The van der Waals surface area contributed by atoms with Crippen LogP contribution in [0.3, 0.4) is 0 Å². The predicted octanol–water partition coefficient (Wildman–Crippen LogP) is 5.89. The van der Waals surface area contributed by atoms with Gasteiger partial charge in [-0.2, -0.15) is 0 Å². The summed E-state index contributed by atoms with van der Waals surface area (Å²) in [6, 6.07) is 11.9. The Kier molecular flexibility index (Phi) is 8.81. The van der Waals surface area contributed by atoms with Crippen molar-refractivity contribution in [2.45, 2.75) is 39.5 Å². The molecule has 0 radical (unpaired) electrons. The van der Waals surface area contributed by atoms with Crippen LogP contribution in [0.15, 0.2) is 36.4 Å². The molecule has 0 saturated heterocycles. The van der Waals surface area contributed by atoms with Crippen molar-refractivity contribution in [1.29, 1.82) is 0 Å². The van der Waals surface area contributed by atoms with Gasteiger partial charge in [0.25, 0.3) is 0 Å². The van der Waals surface area contributed by atoms with E-state index in [-0.39, 0.29) is 11.8 Å². The third kappa shape index (κ3) is 6.54. The first-order valence-electron chi connectivity index (χ1n) is 9.38. The van der Waals surface area contributed by atoms with Crippen LogP contribution in [0.2, 0.25) is 0 Å². The zero-order valence-electron chi connectivity index (χ0n) is 16.3. The van der Waals surface area contributed by atoms with Crippen LogP contribution < -0.4 is 10.6 Å². The maximum Gasteiger partial charge on any atom is 0.224 e. The highest BCUT2D eigenvalue weighted by molar-refractivity contribution is 6.18. The van der Waals surface area contributed by atoms with Gasteiger partial charge in [-0.15, -0.1) is 23.2 Å². The summed E-state index contributed by atoms with van der Waals surface area (Å²) in [5.41, 5.74) is 5.71. The zero-order valence-corrected chi connectivity index (χ0v) is 17.8. The molecule has 2 amide bonds. The summed E-state index contributed by atoms with van der Waals surface area (Å²) in [4.78, 5) is 23.8. The third-order valence-electron chi connectivity index (χ3n) is 4.41. The molecule has 0 spiro atoms. The average molecular weight is 421 g/mol. The predicted molar refractivity (Wildman–Crippen MR) is 119 cm³/mol. The Morgan fingerprint density at radius 3 is 1.46 bits per heavy atom. The van der Waals surface area contributed by atoms with Gasteiger partial charge in [0, 0.05) is 36.0 Å². The maximum absolute atomic E-state index is 11.9. The highest BCUT2D eigenvalue weighted by atomic mass is 35.5. The summed E-state index contributed by atoms with van der Waals surface area (Å²) in [6.45, 7) is 3.94. The highest BCUT2D eigenvalue weighted by Crippen LogP contribution is 2.28. The van der Waals surface area contributed by atoms with Crippen LogP contribution in [-0.2, 0) is 9.59 Å². The summed E-state index contributed by atoms with van der Waals surface area (Å²) in [6.07, 6.45) is 2.17. The van der Waals surface area contributed by atoms with Crippen LogP contribution in [-0.4, -0.2) is 23.6 Å². The van der Waals surface area contributed by atoms with Gasteiger partial charge >= 0.3 is 0 Å². The zero-order chi connectivity index (χ0) is 20.5. The van der Waals surface area contributed by atoms with E-state index in [0.717, 1.165) is 33.6 Å². The Labute approximate surface area is 176 Å². The van der Waals surface area contributed by atoms with Crippen molar-refractivity contribution in [3.05, 3.63) is 47.5 Å². The summed E-state index contributed by atoms with van der Waals surface area (Å²) in [7, 11) is 0. The summed E-state index contributed by atoms with van der Waals surface area (Å²) in [5.74, 6) is 0.907. The molecule has 0 aliphatic rings. The van der Waals surface area contributed by atoms with E-state index < -0.39 is 0 Å². The fraction of sp³-hybridized carbons (Fsp3) is 0.364. The molecular formula is C22H26Cl2N2O2. The van der Waals surface area contributed by atoms with Gasteiger partial charge in [0.15, 0.2) is 0 Å². The van der Waals surface area contributed by atoms with E-state index in [2.05, 4.69) is 10.6 Å². The van der Waals surface area contributed by atoms with Gasteiger partial charge in [0.1, 0.15) is 0 Å². The smallest absolute Gasteiger partial charge is 0.224 e. The van der Waals surface area contributed by atoms with Crippen LogP contribution in [0, 0.1) is 13.8 Å². The molecule has 0 fully saturated rings.